The van der Waals surface area contributed by atoms with Gasteiger partial charge in [0.15, 0.2) is 5.82 Å². The van der Waals surface area contributed by atoms with Gasteiger partial charge in [0.05, 0.1) is 12.4 Å². The zero-order valence-electron chi connectivity index (χ0n) is 6.84. The third kappa shape index (κ3) is 1.34. The molecule has 0 saturated carbocycles. The molecule has 0 aromatic heterocycles. The number of hydrogen-bond acceptors (Lipinski definition) is 3. The summed E-state index contributed by atoms with van der Waals surface area (Å²) in [6, 6.07) is 1.40. The number of benzene rings is 1. The van der Waals surface area contributed by atoms with Gasteiger partial charge in [0, 0.05) is 6.07 Å². The highest BCUT2D eigenvalue weighted by Gasteiger charge is 2.26. The van der Waals surface area contributed by atoms with Crippen LogP contribution in [0, 0.1) is 11.6 Å². The quantitative estimate of drug-likeness (QED) is 0.674. The molecule has 7 heteroatoms. The third-order valence-corrected chi connectivity index (χ3v) is 3.26. The van der Waals surface area contributed by atoms with Crippen molar-refractivity contribution in [3.05, 3.63) is 23.8 Å². The number of sulfonamides is 1. The molecule has 0 fully saturated rings. The predicted molar refractivity (Wildman–Crippen MR) is 45.2 cm³/mol. The zero-order valence-corrected chi connectivity index (χ0v) is 7.66. The molecule has 76 valence electrons. The summed E-state index contributed by atoms with van der Waals surface area (Å²) in [6.45, 7) is -0.0993. The largest absolute Gasteiger partial charge is 0.368 e. The lowest BCUT2D eigenvalue weighted by molar-refractivity contribution is 0.558. The molecule has 1 heterocycles. The molecule has 0 amide bonds. The van der Waals surface area contributed by atoms with Crippen LogP contribution in [-0.2, 0) is 10.0 Å². The molecule has 1 aromatic rings. The Hall–Kier alpha value is -1.21. The highest BCUT2D eigenvalue weighted by atomic mass is 32.2. The smallest absolute Gasteiger partial charge is 0.244 e. The summed E-state index contributed by atoms with van der Waals surface area (Å²) >= 11 is 0. The van der Waals surface area contributed by atoms with Crippen molar-refractivity contribution in [2.45, 2.75) is 4.90 Å². The summed E-state index contributed by atoms with van der Waals surface area (Å²) in [4.78, 5) is -0.402. The molecule has 2 rings (SSSR count). The molecule has 0 unspecified atom stereocenters. The first-order chi connectivity index (χ1) is 6.50. The van der Waals surface area contributed by atoms with Gasteiger partial charge in [-0.3, -0.25) is 0 Å². The van der Waals surface area contributed by atoms with E-state index in [2.05, 4.69) is 10.0 Å². The molecule has 1 aromatic carbocycles. The summed E-state index contributed by atoms with van der Waals surface area (Å²) in [5, 5.41) is 2.48. The summed E-state index contributed by atoms with van der Waals surface area (Å²) < 4.78 is 50.5. The number of rotatable bonds is 0. The van der Waals surface area contributed by atoms with Crippen LogP contribution in [0.5, 0.6) is 0 Å². The Kier molecular flexibility index (Phi) is 1.93. The van der Waals surface area contributed by atoms with Crippen LogP contribution in [0.1, 0.15) is 0 Å². The minimum atomic E-state index is -3.78. The highest BCUT2D eigenvalue weighted by molar-refractivity contribution is 7.89. The van der Waals surface area contributed by atoms with Crippen LogP contribution >= 0.6 is 0 Å². The standard InChI is InChI=1S/C7H6F2N2O2S/c8-4-1-5(9)7-6(2-4)14(12,13)11-3-10-7/h1-2,10-11H,3H2. The van der Waals surface area contributed by atoms with Crippen molar-refractivity contribution < 1.29 is 17.2 Å². The van der Waals surface area contributed by atoms with E-state index in [1.807, 2.05) is 0 Å². The zero-order chi connectivity index (χ0) is 10.3. The lowest BCUT2D eigenvalue weighted by Crippen LogP contribution is -2.35. The monoisotopic (exact) mass is 220 g/mol. The van der Waals surface area contributed by atoms with Crippen LogP contribution in [0.2, 0.25) is 0 Å². The fourth-order valence-corrected chi connectivity index (χ4v) is 2.35. The molecule has 0 aliphatic carbocycles. The summed E-state index contributed by atoms with van der Waals surface area (Å²) in [6.07, 6.45) is 0. The lowest BCUT2D eigenvalue weighted by Gasteiger charge is -2.19. The molecule has 0 bridgehead atoms. The topological polar surface area (TPSA) is 58.2 Å². The van der Waals surface area contributed by atoms with Crippen LogP contribution in [0.3, 0.4) is 0 Å². The molecule has 14 heavy (non-hydrogen) atoms. The van der Waals surface area contributed by atoms with E-state index in [0.717, 1.165) is 6.07 Å². The van der Waals surface area contributed by atoms with Crippen molar-refractivity contribution in [3.8, 4) is 0 Å². The van der Waals surface area contributed by atoms with Crippen molar-refractivity contribution in [2.24, 2.45) is 0 Å². The normalized spacial score (nSPS) is 18.4. The SMILES string of the molecule is O=S1(=O)NCNc2c(F)cc(F)cc21. The predicted octanol–water partition coefficient (Wildman–Crippen LogP) is 0.626. The second kappa shape index (κ2) is 2.89. The van der Waals surface area contributed by atoms with Gasteiger partial charge < -0.3 is 5.32 Å². The number of halogens is 2. The number of nitrogens with one attached hydrogen (secondary N) is 2. The molecular weight excluding hydrogens is 214 g/mol. The van der Waals surface area contributed by atoms with Gasteiger partial charge in [-0.15, -0.1) is 0 Å². The van der Waals surface area contributed by atoms with Crippen LogP contribution in [0.15, 0.2) is 17.0 Å². The van der Waals surface area contributed by atoms with E-state index in [1.54, 1.807) is 0 Å². The van der Waals surface area contributed by atoms with Gasteiger partial charge in [0.25, 0.3) is 0 Å². The van der Waals surface area contributed by atoms with Crippen molar-refractivity contribution in [1.82, 2.24) is 4.72 Å². The average molecular weight is 220 g/mol. The third-order valence-electron chi connectivity index (χ3n) is 1.84. The van der Waals surface area contributed by atoms with E-state index in [4.69, 9.17) is 0 Å². The molecule has 0 atom stereocenters. The molecule has 4 nitrogen and oxygen atoms in total. The van der Waals surface area contributed by atoms with E-state index < -0.39 is 26.6 Å². The van der Waals surface area contributed by atoms with Crippen LogP contribution in [0.25, 0.3) is 0 Å². The van der Waals surface area contributed by atoms with E-state index in [0.29, 0.717) is 6.07 Å². The van der Waals surface area contributed by atoms with E-state index in [9.17, 15) is 17.2 Å². The van der Waals surface area contributed by atoms with Crippen molar-refractivity contribution >= 4 is 15.7 Å². The molecular formula is C7H6F2N2O2S. The minimum absolute atomic E-state index is 0.0993. The van der Waals surface area contributed by atoms with E-state index in [-0.39, 0.29) is 12.4 Å². The van der Waals surface area contributed by atoms with Gasteiger partial charge in [-0.05, 0) is 6.07 Å². The molecule has 0 radical (unpaired) electrons. The van der Waals surface area contributed by atoms with Crippen molar-refractivity contribution in [2.75, 3.05) is 12.0 Å². The first-order valence-corrected chi connectivity index (χ1v) is 5.21. The number of anilines is 1. The summed E-state index contributed by atoms with van der Waals surface area (Å²) in [7, 11) is -3.78. The average Bonchev–Trinajstić information content (AvgIpc) is 2.06. The molecule has 0 saturated heterocycles. The molecule has 2 N–H and O–H groups in total. The maximum Gasteiger partial charge on any atom is 0.244 e. The first-order valence-electron chi connectivity index (χ1n) is 3.73. The molecule has 1 aliphatic heterocycles. The van der Waals surface area contributed by atoms with Gasteiger partial charge in [-0.25, -0.2) is 17.2 Å². The van der Waals surface area contributed by atoms with Gasteiger partial charge >= 0.3 is 0 Å². The van der Waals surface area contributed by atoms with Crippen molar-refractivity contribution in [1.29, 1.82) is 0 Å². The lowest BCUT2D eigenvalue weighted by atomic mass is 10.3. The van der Waals surface area contributed by atoms with Gasteiger partial charge in [0.1, 0.15) is 10.7 Å². The Balaban J connectivity index is 2.76. The molecule has 1 aliphatic rings. The maximum atomic E-state index is 13.1. The fraction of sp³-hybridized carbons (Fsp3) is 0.143. The number of fused-ring (bicyclic) bond motifs is 1. The Bertz CT molecular complexity index is 487. The second-order valence-corrected chi connectivity index (χ2v) is 4.50. The van der Waals surface area contributed by atoms with Crippen LogP contribution in [0.4, 0.5) is 14.5 Å². The van der Waals surface area contributed by atoms with Gasteiger partial charge in [-0.2, -0.15) is 4.72 Å². The minimum Gasteiger partial charge on any atom is -0.368 e. The second-order valence-electron chi connectivity index (χ2n) is 2.76. The van der Waals surface area contributed by atoms with Gasteiger partial charge in [0.2, 0.25) is 10.0 Å². The van der Waals surface area contributed by atoms with E-state index in [1.165, 1.54) is 0 Å². The van der Waals surface area contributed by atoms with Crippen molar-refractivity contribution in [3.63, 3.8) is 0 Å². The fourth-order valence-electron chi connectivity index (χ4n) is 1.23. The Morgan fingerprint density at radius 2 is 2.00 bits per heavy atom. The van der Waals surface area contributed by atoms with Crippen LogP contribution < -0.4 is 10.0 Å². The summed E-state index contributed by atoms with van der Waals surface area (Å²) in [5.41, 5.74) is -0.190. The Morgan fingerprint density at radius 1 is 1.29 bits per heavy atom. The van der Waals surface area contributed by atoms with Gasteiger partial charge in [-0.1, -0.05) is 0 Å². The highest BCUT2D eigenvalue weighted by Crippen LogP contribution is 2.27. The first kappa shape index (κ1) is 9.35. The number of hydrogen-bond donors (Lipinski definition) is 2. The van der Waals surface area contributed by atoms with Crippen LogP contribution in [-0.4, -0.2) is 15.1 Å². The summed E-state index contributed by atoms with van der Waals surface area (Å²) in [5.74, 6) is -1.83. The van der Waals surface area contributed by atoms with E-state index >= 15 is 0 Å². The Labute approximate surface area is 79.0 Å². The molecule has 0 spiro atoms. The maximum absolute atomic E-state index is 13.1. The Morgan fingerprint density at radius 3 is 2.71 bits per heavy atom.